The number of rotatable bonds is 6. The molecule has 152 valence electrons. The van der Waals surface area contributed by atoms with Gasteiger partial charge in [0.1, 0.15) is 5.75 Å². The molecule has 8 heteroatoms. The van der Waals surface area contributed by atoms with Crippen molar-refractivity contribution >= 4 is 17.6 Å². The van der Waals surface area contributed by atoms with Crippen molar-refractivity contribution in [1.82, 2.24) is 0 Å². The number of amides is 1. The second-order valence-corrected chi connectivity index (χ2v) is 8.46. The van der Waals surface area contributed by atoms with Crippen molar-refractivity contribution in [3.63, 3.8) is 0 Å². The average Bonchev–Trinajstić information content (AvgIpc) is 2.59. The van der Waals surface area contributed by atoms with Gasteiger partial charge in [-0.25, -0.2) is 0 Å². The normalized spacial score (nSPS) is 33.0. The maximum absolute atomic E-state index is 12.8. The van der Waals surface area contributed by atoms with Crippen LogP contribution in [0.4, 0.5) is 14.5 Å². The molecule has 0 aromatic heterocycles. The minimum atomic E-state index is -3.02. The molecule has 6 nitrogen and oxygen atoms in total. The van der Waals surface area contributed by atoms with Gasteiger partial charge < -0.3 is 19.9 Å². The Bertz CT molecular complexity index is 770. The Morgan fingerprint density at radius 3 is 2.50 bits per heavy atom. The average molecular weight is 395 g/mol. The summed E-state index contributed by atoms with van der Waals surface area (Å²) in [4.78, 5) is 24.9. The molecule has 2 N–H and O–H groups in total. The molecule has 1 aromatic carbocycles. The molecule has 4 aliphatic carbocycles. The third-order valence-corrected chi connectivity index (χ3v) is 6.17. The maximum atomic E-state index is 12.8. The summed E-state index contributed by atoms with van der Waals surface area (Å²) in [6, 6.07) is 5.80. The molecule has 4 fully saturated rings. The van der Waals surface area contributed by atoms with Crippen LogP contribution in [0.3, 0.4) is 0 Å². The van der Waals surface area contributed by atoms with Gasteiger partial charge in [0, 0.05) is 0 Å². The lowest BCUT2D eigenvalue weighted by atomic mass is 9.48. The number of nitrogens with one attached hydrogen (secondary N) is 1. The predicted molar refractivity (Wildman–Crippen MR) is 94.7 cm³/mol. The number of esters is 1. The second-order valence-electron chi connectivity index (χ2n) is 8.46. The number of halogens is 2. The summed E-state index contributed by atoms with van der Waals surface area (Å²) in [6.07, 6.45) is 4.28. The fourth-order valence-electron chi connectivity index (χ4n) is 5.69. The van der Waals surface area contributed by atoms with Crippen LogP contribution in [0, 0.1) is 17.3 Å². The Labute approximate surface area is 161 Å². The largest absolute Gasteiger partial charge is 0.455 e. The van der Waals surface area contributed by atoms with Gasteiger partial charge in [0.05, 0.1) is 16.7 Å². The standard InChI is InChI=1S/C20H23F2NO5/c21-18(22)28-15-4-2-1-3-14(15)23-16(24)10-27-17(25)19-6-12-5-13(7-19)9-20(26,8-12)11-19/h1-4,12-13,18,26H,5-11H2,(H,23,24)/t12-,13-,19?,20?/m1/s1. The zero-order valence-corrected chi connectivity index (χ0v) is 15.3. The lowest BCUT2D eigenvalue weighted by Crippen LogP contribution is -2.58. The van der Waals surface area contributed by atoms with Gasteiger partial charge >= 0.3 is 12.6 Å². The molecule has 4 aliphatic rings. The summed E-state index contributed by atoms with van der Waals surface area (Å²) in [5.74, 6) is -0.605. The van der Waals surface area contributed by atoms with Gasteiger partial charge in [-0.2, -0.15) is 8.78 Å². The highest BCUT2D eigenvalue weighted by Crippen LogP contribution is 2.61. The van der Waals surface area contributed by atoms with Crippen molar-refractivity contribution in [2.75, 3.05) is 11.9 Å². The molecule has 1 amide bonds. The monoisotopic (exact) mass is 395 g/mol. The lowest BCUT2D eigenvalue weighted by Gasteiger charge is -2.58. The van der Waals surface area contributed by atoms with Crippen LogP contribution in [0.1, 0.15) is 38.5 Å². The van der Waals surface area contributed by atoms with E-state index in [2.05, 4.69) is 10.1 Å². The van der Waals surface area contributed by atoms with Gasteiger partial charge in [-0.15, -0.1) is 0 Å². The Morgan fingerprint density at radius 2 is 1.86 bits per heavy atom. The first kappa shape index (κ1) is 19.1. The number of hydrogen-bond donors (Lipinski definition) is 2. The smallest absolute Gasteiger partial charge is 0.387 e. The third kappa shape index (κ3) is 3.70. The molecule has 0 heterocycles. The number of alkyl halides is 2. The van der Waals surface area contributed by atoms with Gasteiger partial charge in [-0.1, -0.05) is 12.1 Å². The van der Waals surface area contributed by atoms with E-state index in [9.17, 15) is 23.5 Å². The molecule has 0 spiro atoms. The van der Waals surface area contributed by atoms with Crippen molar-refractivity contribution in [3.8, 4) is 5.75 Å². The summed E-state index contributed by atoms with van der Waals surface area (Å²) in [7, 11) is 0. The van der Waals surface area contributed by atoms with E-state index in [1.165, 1.54) is 18.2 Å². The van der Waals surface area contributed by atoms with Gasteiger partial charge in [0.15, 0.2) is 6.61 Å². The molecule has 1 aromatic rings. The van der Waals surface area contributed by atoms with E-state index in [-0.39, 0.29) is 11.4 Å². The minimum absolute atomic E-state index is 0.0768. The van der Waals surface area contributed by atoms with Gasteiger partial charge in [-0.3, -0.25) is 9.59 Å². The van der Waals surface area contributed by atoms with E-state index in [1.807, 2.05) is 0 Å². The molecule has 5 rings (SSSR count). The molecular formula is C20H23F2NO5. The molecule has 28 heavy (non-hydrogen) atoms. The summed E-state index contributed by atoms with van der Waals surface area (Å²) in [5, 5.41) is 13.2. The summed E-state index contributed by atoms with van der Waals surface area (Å²) < 4.78 is 34.6. The van der Waals surface area contributed by atoms with Crippen LogP contribution < -0.4 is 10.1 Å². The first-order valence-electron chi connectivity index (χ1n) is 9.50. The molecule has 2 atom stereocenters. The van der Waals surface area contributed by atoms with E-state index >= 15 is 0 Å². The molecule has 0 saturated heterocycles. The van der Waals surface area contributed by atoms with Crippen molar-refractivity contribution < 1.29 is 33.0 Å². The summed E-state index contributed by atoms with van der Waals surface area (Å²) in [6.45, 7) is -3.53. The van der Waals surface area contributed by atoms with Gasteiger partial charge in [-0.05, 0) is 62.5 Å². The third-order valence-electron chi connectivity index (χ3n) is 6.17. The van der Waals surface area contributed by atoms with Crippen LogP contribution in [0.25, 0.3) is 0 Å². The zero-order valence-electron chi connectivity index (χ0n) is 15.3. The zero-order chi connectivity index (χ0) is 19.9. The molecule has 4 saturated carbocycles. The SMILES string of the molecule is O=C(COC(=O)C12C[C@H]3C[C@@H](CC(O)(C3)C1)C2)Nc1ccccc1OC(F)F. The number of benzene rings is 1. The fraction of sp³-hybridized carbons (Fsp3) is 0.600. The number of aliphatic hydroxyl groups is 1. The first-order chi connectivity index (χ1) is 13.3. The van der Waals surface area contributed by atoms with Crippen LogP contribution in [-0.4, -0.2) is 35.8 Å². The molecule has 0 aliphatic heterocycles. The highest BCUT2D eigenvalue weighted by Gasteiger charge is 2.60. The van der Waals surface area contributed by atoms with Crippen molar-refractivity contribution in [3.05, 3.63) is 24.3 Å². The topological polar surface area (TPSA) is 84.9 Å². The van der Waals surface area contributed by atoms with Crippen LogP contribution in [0.2, 0.25) is 0 Å². The van der Waals surface area contributed by atoms with Crippen LogP contribution in [0.5, 0.6) is 5.75 Å². The first-order valence-corrected chi connectivity index (χ1v) is 9.50. The van der Waals surface area contributed by atoms with E-state index in [0.29, 0.717) is 31.1 Å². The van der Waals surface area contributed by atoms with Crippen molar-refractivity contribution in [1.29, 1.82) is 0 Å². The maximum Gasteiger partial charge on any atom is 0.387 e. The van der Waals surface area contributed by atoms with Gasteiger partial charge in [0.25, 0.3) is 5.91 Å². The quantitative estimate of drug-likeness (QED) is 0.723. The number of anilines is 1. The highest BCUT2D eigenvalue weighted by molar-refractivity contribution is 5.94. The minimum Gasteiger partial charge on any atom is -0.455 e. The Morgan fingerprint density at radius 1 is 1.18 bits per heavy atom. The Hall–Kier alpha value is -2.22. The summed E-state index contributed by atoms with van der Waals surface area (Å²) >= 11 is 0. The second kappa shape index (κ2) is 6.99. The van der Waals surface area contributed by atoms with E-state index < -0.39 is 36.1 Å². The van der Waals surface area contributed by atoms with Crippen LogP contribution in [0.15, 0.2) is 24.3 Å². The van der Waals surface area contributed by atoms with E-state index in [1.54, 1.807) is 6.07 Å². The number of carbonyl (C=O) groups is 2. The molecule has 0 radical (unpaired) electrons. The van der Waals surface area contributed by atoms with Crippen molar-refractivity contribution in [2.24, 2.45) is 17.3 Å². The van der Waals surface area contributed by atoms with E-state index in [0.717, 1.165) is 19.3 Å². The summed E-state index contributed by atoms with van der Waals surface area (Å²) in [5.41, 5.74) is -1.43. The number of para-hydroxylation sites is 2. The van der Waals surface area contributed by atoms with Gasteiger partial charge in [0.2, 0.25) is 0 Å². The van der Waals surface area contributed by atoms with Crippen LogP contribution >= 0.6 is 0 Å². The molecule has 0 unspecified atom stereocenters. The molecule has 4 bridgehead atoms. The van der Waals surface area contributed by atoms with E-state index in [4.69, 9.17) is 4.74 Å². The Balaban J connectivity index is 1.36. The fourth-order valence-corrected chi connectivity index (χ4v) is 5.69. The van der Waals surface area contributed by atoms with Crippen LogP contribution in [-0.2, 0) is 14.3 Å². The molecular weight excluding hydrogens is 372 g/mol. The Kier molecular flexibility index (Phi) is 4.77. The number of ether oxygens (including phenoxy) is 2. The predicted octanol–water partition coefficient (Wildman–Crippen LogP) is 3.10. The lowest BCUT2D eigenvalue weighted by molar-refractivity contribution is -0.196. The highest BCUT2D eigenvalue weighted by atomic mass is 19.3. The van der Waals surface area contributed by atoms with Crippen molar-refractivity contribution in [2.45, 2.75) is 50.7 Å². The number of carbonyl (C=O) groups excluding carboxylic acids is 2. The number of hydrogen-bond acceptors (Lipinski definition) is 5.